The molecule has 24 heavy (non-hydrogen) atoms. The Hall–Kier alpha value is -2.25. The SMILES string of the molecule is Cc1csc(-c2cccc(C(=O)N3CCO[C@H](CC(=O)O)C3)c2)n1. The van der Waals surface area contributed by atoms with E-state index in [9.17, 15) is 9.59 Å². The fourth-order valence-electron chi connectivity index (χ4n) is 2.68. The Balaban J connectivity index is 1.76. The molecule has 1 fully saturated rings. The summed E-state index contributed by atoms with van der Waals surface area (Å²) < 4.78 is 5.42. The predicted octanol–water partition coefficient (Wildman–Crippen LogP) is 2.43. The molecule has 2 heterocycles. The van der Waals surface area contributed by atoms with Crippen molar-refractivity contribution in [3.05, 3.63) is 40.9 Å². The van der Waals surface area contributed by atoms with Crippen LogP contribution in [0.15, 0.2) is 29.6 Å². The maximum absolute atomic E-state index is 12.7. The quantitative estimate of drug-likeness (QED) is 0.920. The van der Waals surface area contributed by atoms with Crippen LogP contribution in [0.3, 0.4) is 0 Å². The minimum absolute atomic E-state index is 0.0950. The molecule has 2 aromatic rings. The summed E-state index contributed by atoms with van der Waals surface area (Å²) in [7, 11) is 0. The van der Waals surface area contributed by atoms with Gasteiger partial charge >= 0.3 is 5.97 Å². The minimum Gasteiger partial charge on any atom is -0.481 e. The van der Waals surface area contributed by atoms with E-state index >= 15 is 0 Å². The van der Waals surface area contributed by atoms with Crippen molar-refractivity contribution in [1.82, 2.24) is 9.88 Å². The smallest absolute Gasteiger partial charge is 0.306 e. The fraction of sp³-hybridized carbons (Fsp3) is 0.353. The number of carboxylic acid groups (broad SMARTS) is 1. The van der Waals surface area contributed by atoms with Gasteiger partial charge in [-0.05, 0) is 19.1 Å². The number of aliphatic carboxylic acids is 1. The molecular formula is C17H18N2O4S. The lowest BCUT2D eigenvalue weighted by Gasteiger charge is -2.32. The number of ether oxygens (including phenoxy) is 1. The van der Waals surface area contributed by atoms with E-state index in [1.54, 1.807) is 22.3 Å². The molecule has 1 aromatic heterocycles. The van der Waals surface area contributed by atoms with E-state index in [0.717, 1.165) is 16.3 Å². The minimum atomic E-state index is -0.921. The van der Waals surface area contributed by atoms with Gasteiger partial charge < -0.3 is 14.7 Å². The highest BCUT2D eigenvalue weighted by Gasteiger charge is 2.26. The van der Waals surface area contributed by atoms with Gasteiger partial charge in [0.2, 0.25) is 0 Å². The Bertz CT molecular complexity index is 759. The number of rotatable bonds is 4. The predicted molar refractivity (Wildman–Crippen MR) is 90.2 cm³/mol. The molecule has 1 aromatic carbocycles. The highest BCUT2D eigenvalue weighted by Crippen LogP contribution is 2.25. The molecule has 1 N–H and O–H groups in total. The van der Waals surface area contributed by atoms with Crippen molar-refractivity contribution in [2.45, 2.75) is 19.4 Å². The number of hydrogen-bond acceptors (Lipinski definition) is 5. The summed E-state index contributed by atoms with van der Waals surface area (Å²) in [6.07, 6.45) is -0.549. The van der Waals surface area contributed by atoms with E-state index in [1.807, 2.05) is 30.5 Å². The second-order valence-corrected chi connectivity index (χ2v) is 6.57. The Morgan fingerprint density at radius 1 is 1.46 bits per heavy atom. The molecule has 1 amide bonds. The van der Waals surface area contributed by atoms with Gasteiger partial charge in [0.05, 0.1) is 19.1 Å². The van der Waals surface area contributed by atoms with E-state index in [0.29, 0.717) is 25.3 Å². The van der Waals surface area contributed by atoms with Gasteiger partial charge in [0, 0.05) is 35.3 Å². The molecule has 0 aliphatic carbocycles. The third-order valence-electron chi connectivity index (χ3n) is 3.80. The highest BCUT2D eigenvalue weighted by molar-refractivity contribution is 7.13. The number of hydrogen-bond donors (Lipinski definition) is 1. The first kappa shape index (κ1) is 16.6. The zero-order valence-corrected chi connectivity index (χ0v) is 14.1. The summed E-state index contributed by atoms with van der Waals surface area (Å²) in [5, 5.41) is 11.7. The lowest BCUT2D eigenvalue weighted by atomic mass is 10.1. The van der Waals surface area contributed by atoms with Crippen LogP contribution in [-0.2, 0) is 9.53 Å². The summed E-state index contributed by atoms with van der Waals surface area (Å²) in [4.78, 5) is 29.7. The second-order valence-electron chi connectivity index (χ2n) is 5.72. The Morgan fingerprint density at radius 2 is 2.29 bits per heavy atom. The molecule has 126 valence electrons. The number of nitrogens with zero attached hydrogens (tertiary/aromatic N) is 2. The molecule has 6 nitrogen and oxygen atoms in total. The molecule has 0 radical (unpaired) electrons. The fourth-order valence-corrected chi connectivity index (χ4v) is 3.47. The molecule has 0 spiro atoms. The van der Waals surface area contributed by atoms with E-state index in [2.05, 4.69) is 4.98 Å². The average molecular weight is 346 g/mol. The van der Waals surface area contributed by atoms with Crippen LogP contribution in [0.25, 0.3) is 10.6 Å². The van der Waals surface area contributed by atoms with Crippen molar-refractivity contribution >= 4 is 23.2 Å². The molecule has 0 unspecified atom stereocenters. The van der Waals surface area contributed by atoms with Crippen LogP contribution in [0.5, 0.6) is 0 Å². The number of morpholine rings is 1. The number of thiazole rings is 1. The van der Waals surface area contributed by atoms with Crippen LogP contribution in [0.4, 0.5) is 0 Å². The molecule has 1 aliphatic heterocycles. The van der Waals surface area contributed by atoms with E-state index in [4.69, 9.17) is 9.84 Å². The van der Waals surface area contributed by atoms with Gasteiger partial charge in [0.15, 0.2) is 0 Å². The molecule has 1 atom stereocenters. The zero-order valence-electron chi connectivity index (χ0n) is 13.3. The zero-order chi connectivity index (χ0) is 17.1. The van der Waals surface area contributed by atoms with Crippen molar-refractivity contribution in [2.75, 3.05) is 19.7 Å². The normalized spacial score (nSPS) is 17.7. The van der Waals surface area contributed by atoms with Crippen LogP contribution in [0.2, 0.25) is 0 Å². The van der Waals surface area contributed by atoms with Crippen molar-refractivity contribution in [3.8, 4) is 10.6 Å². The van der Waals surface area contributed by atoms with Crippen molar-refractivity contribution in [1.29, 1.82) is 0 Å². The molecule has 7 heteroatoms. The topological polar surface area (TPSA) is 79.7 Å². The number of carbonyl (C=O) groups excluding carboxylic acids is 1. The molecular weight excluding hydrogens is 328 g/mol. The Kier molecular flexibility index (Phi) is 4.92. The van der Waals surface area contributed by atoms with Gasteiger partial charge in [-0.1, -0.05) is 12.1 Å². The number of amides is 1. The van der Waals surface area contributed by atoms with Gasteiger partial charge in [0.25, 0.3) is 5.91 Å². The summed E-state index contributed by atoms with van der Waals surface area (Å²) >= 11 is 1.54. The first-order valence-electron chi connectivity index (χ1n) is 7.68. The molecule has 1 saturated heterocycles. The summed E-state index contributed by atoms with van der Waals surface area (Å²) in [5.74, 6) is -1.03. The van der Waals surface area contributed by atoms with Gasteiger partial charge in [-0.15, -0.1) is 11.3 Å². The van der Waals surface area contributed by atoms with Gasteiger partial charge in [0.1, 0.15) is 5.01 Å². The maximum Gasteiger partial charge on any atom is 0.306 e. The lowest BCUT2D eigenvalue weighted by molar-refractivity contribution is -0.141. The largest absolute Gasteiger partial charge is 0.481 e. The molecule has 0 saturated carbocycles. The van der Waals surface area contributed by atoms with Gasteiger partial charge in [-0.25, -0.2) is 4.98 Å². The third kappa shape index (κ3) is 3.80. The molecule has 1 aliphatic rings. The molecule has 3 rings (SSSR count). The first-order chi connectivity index (χ1) is 11.5. The van der Waals surface area contributed by atoms with Crippen molar-refractivity contribution < 1.29 is 19.4 Å². The van der Waals surface area contributed by atoms with E-state index < -0.39 is 12.1 Å². The molecule has 0 bridgehead atoms. The van der Waals surface area contributed by atoms with Crippen LogP contribution in [-0.4, -0.2) is 52.7 Å². The number of carbonyl (C=O) groups is 2. The second kappa shape index (κ2) is 7.11. The number of aryl methyl sites for hydroxylation is 1. The van der Waals surface area contributed by atoms with Crippen LogP contribution in [0.1, 0.15) is 22.5 Å². The third-order valence-corrected chi connectivity index (χ3v) is 4.81. The van der Waals surface area contributed by atoms with Crippen LogP contribution >= 0.6 is 11.3 Å². The summed E-state index contributed by atoms with van der Waals surface area (Å²) in [6, 6.07) is 7.38. The van der Waals surface area contributed by atoms with Gasteiger partial charge in [-0.3, -0.25) is 9.59 Å². The van der Waals surface area contributed by atoms with Gasteiger partial charge in [-0.2, -0.15) is 0 Å². The summed E-state index contributed by atoms with van der Waals surface area (Å²) in [6.45, 7) is 3.06. The highest BCUT2D eigenvalue weighted by atomic mass is 32.1. The lowest BCUT2D eigenvalue weighted by Crippen LogP contribution is -2.46. The Labute approximate surface area is 143 Å². The average Bonchev–Trinajstić information content (AvgIpc) is 3.00. The van der Waals surface area contributed by atoms with Crippen molar-refractivity contribution in [2.24, 2.45) is 0 Å². The van der Waals surface area contributed by atoms with E-state index in [-0.39, 0.29) is 12.3 Å². The van der Waals surface area contributed by atoms with E-state index in [1.165, 1.54) is 0 Å². The monoisotopic (exact) mass is 346 g/mol. The summed E-state index contributed by atoms with van der Waals surface area (Å²) in [5.41, 5.74) is 2.45. The number of benzene rings is 1. The van der Waals surface area contributed by atoms with Crippen LogP contribution < -0.4 is 0 Å². The first-order valence-corrected chi connectivity index (χ1v) is 8.56. The maximum atomic E-state index is 12.7. The van der Waals surface area contributed by atoms with Crippen LogP contribution in [0, 0.1) is 6.92 Å². The number of aromatic nitrogens is 1. The number of carboxylic acids is 1. The van der Waals surface area contributed by atoms with Crippen molar-refractivity contribution in [3.63, 3.8) is 0 Å². The Morgan fingerprint density at radius 3 is 3.00 bits per heavy atom. The standard InChI is InChI=1S/C17H18N2O4S/c1-11-10-24-16(18-11)12-3-2-4-13(7-12)17(22)19-5-6-23-14(9-19)8-15(20)21/h2-4,7,10,14H,5-6,8-9H2,1H3,(H,20,21)/t14-/m1/s1.